The molecule has 5 heteroatoms. The van der Waals surface area contributed by atoms with Crippen molar-refractivity contribution in [3.8, 4) is 0 Å². The number of fused-ring (bicyclic) bond motifs is 1. The molecule has 1 aromatic heterocycles. The summed E-state index contributed by atoms with van der Waals surface area (Å²) in [6, 6.07) is 7.64. The van der Waals surface area contributed by atoms with Crippen molar-refractivity contribution in [2.24, 2.45) is 5.92 Å². The van der Waals surface area contributed by atoms with E-state index in [2.05, 4.69) is 34.4 Å². The Balaban J connectivity index is 1.93. The molecule has 5 nitrogen and oxygen atoms in total. The molecule has 1 atom stereocenters. The van der Waals surface area contributed by atoms with Crippen LogP contribution in [0.1, 0.15) is 35.8 Å². The minimum atomic E-state index is 0.00675. The summed E-state index contributed by atoms with van der Waals surface area (Å²) in [7, 11) is 0. The quantitative estimate of drug-likeness (QED) is 0.898. The summed E-state index contributed by atoms with van der Waals surface area (Å²) in [4.78, 5) is 19.9. The minimum Gasteiger partial charge on any atom is -0.345 e. The zero-order valence-corrected chi connectivity index (χ0v) is 11.4. The number of amides is 1. The summed E-state index contributed by atoms with van der Waals surface area (Å²) >= 11 is 0. The fourth-order valence-electron chi connectivity index (χ4n) is 2.44. The topological polar surface area (TPSA) is 66.9 Å². The molecule has 1 amide bonds. The van der Waals surface area contributed by atoms with Gasteiger partial charge in [-0.25, -0.2) is 9.97 Å². The van der Waals surface area contributed by atoms with E-state index in [1.54, 1.807) is 12.3 Å². The van der Waals surface area contributed by atoms with Crippen molar-refractivity contribution in [3.05, 3.63) is 47.9 Å². The fraction of sp³-hybridized carbons (Fsp3) is 0.267. The Morgan fingerprint density at radius 3 is 2.85 bits per heavy atom. The minimum absolute atomic E-state index is 0.00675. The van der Waals surface area contributed by atoms with E-state index in [-0.39, 0.29) is 11.9 Å². The molecular weight excluding hydrogens is 252 g/mol. The zero-order valence-electron chi connectivity index (χ0n) is 11.4. The predicted molar refractivity (Wildman–Crippen MR) is 76.8 cm³/mol. The van der Waals surface area contributed by atoms with Gasteiger partial charge < -0.3 is 10.6 Å². The molecule has 20 heavy (non-hydrogen) atoms. The number of nitrogens with one attached hydrogen (secondary N) is 2. The molecule has 0 bridgehead atoms. The van der Waals surface area contributed by atoms with E-state index in [4.69, 9.17) is 0 Å². The lowest BCUT2D eigenvalue weighted by molar-refractivity contribution is 0.0949. The average molecular weight is 268 g/mol. The van der Waals surface area contributed by atoms with Gasteiger partial charge >= 0.3 is 0 Å². The van der Waals surface area contributed by atoms with E-state index in [0.29, 0.717) is 5.92 Å². The van der Waals surface area contributed by atoms with Gasteiger partial charge in [0.25, 0.3) is 5.91 Å². The van der Waals surface area contributed by atoms with E-state index in [0.717, 1.165) is 22.6 Å². The molecule has 0 saturated heterocycles. The zero-order chi connectivity index (χ0) is 14.1. The third kappa shape index (κ3) is 2.22. The van der Waals surface area contributed by atoms with Crippen LogP contribution in [-0.2, 0) is 0 Å². The molecule has 2 N–H and O–H groups in total. The maximum absolute atomic E-state index is 11.9. The van der Waals surface area contributed by atoms with Crippen LogP contribution in [0.5, 0.6) is 0 Å². The summed E-state index contributed by atoms with van der Waals surface area (Å²) in [5.41, 5.74) is 2.73. The number of nitrogens with zero attached hydrogens (tertiary/aromatic N) is 2. The first-order valence-electron chi connectivity index (χ1n) is 6.63. The van der Waals surface area contributed by atoms with Crippen molar-refractivity contribution in [2.45, 2.75) is 19.9 Å². The van der Waals surface area contributed by atoms with Crippen molar-refractivity contribution in [3.63, 3.8) is 0 Å². The van der Waals surface area contributed by atoms with Crippen molar-refractivity contribution in [1.82, 2.24) is 15.3 Å². The van der Waals surface area contributed by atoms with Crippen molar-refractivity contribution in [1.29, 1.82) is 0 Å². The van der Waals surface area contributed by atoms with Gasteiger partial charge in [0, 0.05) is 17.4 Å². The number of carbonyl (C=O) groups excluding carboxylic acids is 1. The van der Waals surface area contributed by atoms with Crippen molar-refractivity contribution < 1.29 is 4.79 Å². The highest BCUT2D eigenvalue weighted by atomic mass is 16.2. The summed E-state index contributed by atoms with van der Waals surface area (Å²) in [6.07, 6.45) is 3.18. The SMILES string of the molecule is CC(C)C1NC(=O)c2ccc(Nc3ccncn3)cc21. The number of hydrogen-bond donors (Lipinski definition) is 2. The number of benzene rings is 1. The van der Waals surface area contributed by atoms with Crippen LogP contribution in [0.15, 0.2) is 36.8 Å². The van der Waals surface area contributed by atoms with Gasteiger partial charge in [0.2, 0.25) is 0 Å². The summed E-state index contributed by atoms with van der Waals surface area (Å²) in [5.74, 6) is 1.10. The van der Waals surface area contributed by atoms with E-state index in [1.165, 1.54) is 6.33 Å². The van der Waals surface area contributed by atoms with Crippen LogP contribution in [0.2, 0.25) is 0 Å². The van der Waals surface area contributed by atoms with Gasteiger partial charge in [0.15, 0.2) is 0 Å². The summed E-state index contributed by atoms with van der Waals surface area (Å²) in [6.45, 7) is 4.20. The van der Waals surface area contributed by atoms with Gasteiger partial charge in [0.1, 0.15) is 12.1 Å². The van der Waals surface area contributed by atoms with E-state index >= 15 is 0 Å². The highest BCUT2D eigenvalue weighted by Gasteiger charge is 2.30. The number of anilines is 2. The molecule has 2 heterocycles. The third-order valence-corrected chi connectivity index (χ3v) is 3.44. The van der Waals surface area contributed by atoms with Crippen molar-refractivity contribution >= 4 is 17.4 Å². The maximum atomic E-state index is 11.9. The lowest BCUT2D eigenvalue weighted by atomic mass is 9.95. The molecule has 3 rings (SSSR count). The Kier molecular flexibility index (Phi) is 3.10. The smallest absolute Gasteiger partial charge is 0.252 e. The van der Waals surface area contributed by atoms with Crippen molar-refractivity contribution in [2.75, 3.05) is 5.32 Å². The Bertz CT molecular complexity index is 640. The second kappa shape index (κ2) is 4.92. The fourth-order valence-corrected chi connectivity index (χ4v) is 2.44. The van der Waals surface area contributed by atoms with Gasteiger partial charge in [0.05, 0.1) is 6.04 Å². The Hall–Kier alpha value is -2.43. The first-order chi connectivity index (χ1) is 9.65. The van der Waals surface area contributed by atoms with E-state index in [1.807, 2.05) is 18.2 Å². The van der Waals surface area contributed by atoms with Crippen LogP contribution in [0.4, 0.5) is 11.5 Å². The second-order valence-electron chi connectivity index (χ2n) is 5.22. The Morgan fingerprint density at radius 2 is 2.15 bits per heavy atom. The van der Waals surface area contributed by atoms with Gasteiger partial charge in [-0.2, -0.15) is 0 Å². The van der Waals surface area contributed by atoms with E-state index in [9.17, 15) is 4.79 Å². The third-order valence-electron chi connectivity index (χ3n) is 3.44. The van der Waals surface area contributed by atoms with Gasteiger partial charge in [-0.05, 0) is 35.7 Å². The van der Waals surface area contributed by atoms with Gasteiger partial charge in [-0.15, -0.1) is 0 Å². The Labute approximate surface area is 117 Å². The first kappa shape index (κ1) is 12.6. The van der Waals surface area contributed by atoms with E-state index < -0.39 is 0 Å². The van der Waals surface area contributed by atoms with Gasteiger partial charge in [-0.1, -0.05) is 13.8 Å². The molecule has 0 fully saturated rings. The number of aromatic nitrogens is 2. The predicted octanol–water partition coefficient (Wildman–Crippen LogP) is 2.66. The second-order valence-corrected chi connectivity index (χ2v) is 5.22. The lowest BCUT2D eigenvalue weighted by Gasteiger charge is -2.16. The Morgan fingerprint density at radius 1 is 1.30 bits per heavy atom. The molecule has 0 aliphatic carbocycles. The van der Waals surface area contributed by atoms with Crippen LogP contribution in [0, 0.1) is 5.92 Å². The van der Waals surface area contributed by atoms with Crippen LogP contribution in [-0.4, -0.2) is 15.9 Å². The summed E-state index contributed by atoms with van der Waals surface area (Å²) in [5, 5.41) is 6.24. The molecule has 1 aliphatic rings. The standard InChI is InChI=1S/C15H16N4O/c1-9(2)14-12-7-10(3-4-11(12)15(20)19-14)18-13-5-6-16-8-17-13/h3-9,14H,1-2H3,(H,19,20)(H,16,17,18). The summed E-state index contributed by atoms with van der Waals surface area (Å²) < 4.78 is 0. The average Bonchev–Trinajstić information content (AvgIpc) is 2.77. The highest BCUT2D eigenvalue weighted by Crippen LogP contribution is 2.33. The highest BCUT2D eigenvalue weighted by molar-refractivity contribution is 5.99. The molecule has 0 saturated carbocycles. The first-order valence-corrected chi connectivity index (χ1v) is 6.63. The normalized spacial score (nSPS) is 16.9. The number of hydrogen-bond acceptors (Lipinski definition) is 4. The molecule has 1 aliphatic heterocycles. The lowest BCUT2D eigenvalue weighted by Crippen LogP contribution is -2.22. The molecule has 0 radical (unpaired) electrons. The van der Waals surface area contributed by atoms with Crippen LogP contribution < -0.4 is 10.6 Å². The molecule has 2 aromatic rings. The monoisotopic (exact) mass is 268 g/mol. The molecular formula is C15H16N4O. The molecule has 0 spiro atoms. The molecule has 1 aromatic carbocycles. The van der Waals surface area contributed by atoms with Crippen LogP contribution in [0.3, 0.4) is 0 Å². The molecule has 1 unspecified atom stereocenters. The van der Waals surface area contributed by atoms with Crippen LogP contribution in [0.25, 0.3) is 0 Å². The largest absolute Gasteiger partial charge is 0.345 e. The van der Waals surface area contributed by atoms with Gasteiger partial charge in [-0.3, -0.25) is 4.79 Å². The van der Waals surface area contributed by atoms with Crippen LogP contribution >= 0.6 is 0 Å². The number of carbonyl (C=O) groups is 1. The molecule has 102 valence electrons. The maximum Gasteiger partial charge on any atom is 0.252 e. The number of rotatable bonds is 3.